The van der Waals surface area contributed by atoms with Crippen LogP contribution in [0.1, 0.15) is 12.6 Å². The van der Waals surface area contributed by atoms with E-state index in [1.165, 1.54) is 0 Å². The molecule has 1 aliphatic heterocycles. The molecule has 1 aromatic heterocycles. The topological polar surface area (TPSA) is 54.7 Å². The molecule has 2 heterocycles. The fraction of sp³-hybridized carbons (Fsp3) is 0.273. The third kappa shape index (κ3) is 5.22. The van der Waals surface area contributed by atoms with E-state index >= 15 is 0 Å². The van der Waals surface area contributed by atoms with Gasteiger partial charge in [-0.1, -0.05) is 46.9 Å². The molecule has 1 saturated heterocycles. The number of rotatable bonds is 5. The average molecular weight is 479 g/mol. The summed E-state index contributed by atoms with van der Waals surface area (Å²) in [5.74, 6) is 0.698. The van der Waals surface area contributed by atoms with Crippen LogP contribution in [-0.4, -0.2) is 53.5 Å². The molecule has 2 aromatic carbocycles. The fourth-order valence-corrected chi connectivity index (χ4v) is 3.93. The molecule has 0 radical (unpaired) electrons. The molecule has 0 aliphatic carbocycles. The maximum atomic E-state index is 6.52. The normalized spacial score (nSPS) is 15.3. The van der Waals surface area contributed by atoms with E-state index in [1.54, 1.807) is 12.1 Å². The highest BCUT2D eigenvalue weighted by Gasteiger charge is 2.20. The molecule has 1 N–H and O–H groups in total. The first-order valence-electron chi connectivity index (χ1n) is 10.0. The van der Waals surface area contributed by atoms with Crippen LogP contribution in [0.15, 0.2) is 53.5 Å². The first-order valence-corrected chi connectivity index (χ1v) is 11.1. The van der Waals surface area contributed by atoms with Crippen molar-refractivity contribution in [3.8, 4) is 16.9 Å². The lowest BCUT2D eigenvalue weighted by Crippen LogP contribution is -2.48. The highest BCUT2D eigenvalue weighted by Crippen LogP contribution is 2.30. The predicted octanol–water partition coefficient (Wildman–Crippen LogP) is 5.10. The van der Waals surface area contributed by atoms with Gasteiger partial charge in [0, 0.05) is 35.2 Å². The number of hydrazine groups is 1. The Morgan fingerprint density at radius 1 is 1.03 bits per heavy atom. The van der Waals surface area contributed by atoms with Gasteiger partial charge in [-0.2, -0.15) is 5.10 Å². The number of benzene rings is 2. The summed E-state index contributed by atoms with van der Waals surface area (Å²) >= 11 is 18.7. The molecular weight excluding hydrogens is 457 g/mol. The van der Waals surface area contributed by atoms with Gasteiger partial charge in [0.25, 0.3) is 0 Å². The van der Waals surface area contributed by atoms with E-state index in [2.05, 4.69) is 15.4 Å². The lowest BCUT2D eigenvalue weighted by molar-refractivity contribution is 0.0248. The van der Waals surface area contributed by atoms with Crippen molar-refractivity contribution in [2.45, 2.75) is 6.92 Å². The molecule has 162 valence electrons. The zero-order valence-electron chi connectivity index (χ0n) is 17.0. The number of nitrogens with one attached hydrogen (secondary N) is 1. The molecule has 0 spiro atoms. The van der Waals surface area contributed by atoms with Crippen molar-refractivity contribution in [2.24, 2.45) is 4.99 Å². The Hall–Kier alpha value is -2.09. The summed E-state index contributed by atoms with van der Waals surface area (Å²) in [5.41, 5.74) is 6.66. The van der Waals surface area contributed by atoms with Gasteiger partial charge in [0.15, 0.2) is 5.84 Å². The van der Waals surface area contributed by atoms with E-state index in [1.807, 2.05) is 48.0 Å². The van der Waals surface area contributed by atoms with Crippen molar-refractivity contribution in [3.63, 3.8) is 0 Å². The molecule has 31 heavy (non-hydrogen) atoms. The summed E-state index contributed by atoms with van der Waals surface area (Å²) in [4.78, 5) is 4.65. The molecule has 1 aliphatic rings. The van der Waals surface area contributed by atoms with Gasteiger partial charge in [0.1, 0.15) is 5.69 Å². The maximum Gasteiger partial charge on any atom is 0.163 e. The molecule has 0 atom stereocenters. The van der Waals surface area contributed by atoms with Gasteiger partial charge in [-0.05, 0) is 43.3 Å². The first-order chi connectivity index (χ1) is 15.0. The van der Waals surface area contributed by atoms with E-state index in [0.29, 0.717) is 46.4 Å². The molecular formula is C22H22Cl3N5O. The lowest BCUT2D eigenvalue weighted by Gasteiger charge is -2.28. The largest absolute Gasteiger partial charge is 0.379 e. The summed E-state index contributed by atoms with van der Waals surface area (Å²) in [7, 11) is 0. The van der Waals surface area contributed by atoms with Gasteiger partial charge in [0.2, 0.25) is 0 Å². The number of amidine groups is 1. The molecule has 4 rings (SSSR count). The van der Waals surface area contributed by atoms with Crippen LogP contribution in [0.25, 0.3) is 16.9 Å². The minimum absolute atomic E-state index is 0.507. The third-order valence-corrected chi connectivity index (χ3v) is 5.61. The van der Waals surface area contributed by atoms with E-state index < -0.39 is 0 Å². The van der Waals surface area contributed by atoms with E-state index in [4.69, 9.17) is 44.6 Å². The summed E-state index contributed by atoms with van der Waals surface area (Å²) in [6.45, 7) is 5.52. The van der Waals surface area contributed by atoms with Crippen LogP contribution in [0.4, 0.5) is 0 Å². The Bertz CT molecular complexity index is 1080. The Morgan fingerprint density at radius 3 is 2.42 bits per heavy atom. The SMILES string of the molecule is CC/N=C(\NN1CCOCC1)c1cc(-c2ccc(Cl)cc2)n(-c2ccc(Cl)cc2Cl)n1. The second-order valence-corrected chi connectivity index (χ2v) is 8.24. The van der Waals surface area contributed by atoms with Gasteiger partial charge in [0.05, 0.1) is 29.6 Å². The first kappa shape index (κ1) is 22.1. The third-order valence-electron chi connectivity index (χ3n) is 4.82. The van der Waals surface area contributed by atoms with Crippen molar-refractivity contribution in [1.29, 1.82) is 0 Å². The lowest BCUT2D eigenvalue weighted by atomic mass is 10.1. The van der Waals surface area contributed by atoms with Crippen molar-refractivity contribution in [2.75, 3.05) is 32.8 Å². The van der Waals surface area contributed by atoms with Crippen LogP contribution < -0.4 is 5.43 Å². The molecule has 0 amide bonds. The maximum absolute atomic E-state index is 6.52. The number of morpholine rings is 1. The van der Waals surface area contributed by atoms with Crippen molar-refractivity contribution in [3.05, 3.63) is 69.3 Å². The summed E-state index contributed by atoms with van der Waals surface area (Å²) < 4.78 is 7.25. The van der Waals surface area contributed by atoms with E-state index in [9.17, 15) is 0 Å². The van der Waals surface area contributed by atoms with E-state index in [-0.39, 0.29) is 0 Å². The molecule has 0 saturated carbocycles. The van der Waals surface area contributed by atoms with Crippen molar-refractivity contribution < 1.29 is 4.74 Å². The number of hydrogen-bond acceptors (Lipinski definition) is 4. The summed E-state index contributed by atoms with van der Waals surface area (Å²) in [5, 5.41) is 8.69. The van der Waals surface area contributed by atoms with Crippen molar-refractivity contribution in [1.82, 2.24) is 20.2 Å². The van der Waals surface area contributed by atoms with Gasteiger partial charge >= 0.3 is 0 Å². The van der Waals surface area contributed by atoms with Crippen LogP contribution in [0.3, 0.4) is 0 Å². The van der Waals surface area contributed by atoms with Crippen LogP contribution in [0.5, 0.6) is 0 Å². The number of aliphatic imine (C=N–C) groups is 1. The minimum atomic E-state index is 0.507. The van der Waals surface area contributed by atoms with Crippen LogP contribution >= 0.6 is 34.8 Å². The van der Waals surface area contributed by atoms with Gasteiger partial charge in [-0.15, -0.1) is 0 Å². The second kappa shape index (κ2) is 10.0. The smallest absolute Gasteiger partial charge is 0.163 e. The average Bonchev–Trinajstić information content (AvgIpc) is 3.20. The Morgan fingerprint density at radius 2 is 1.74 bits per heavy atom. The van der Waals surface area contributed by atoms with Crippen LogP contribution in [-0.2, 0) is 4.74 Å². The molecule has 0 bridgehead atoms. The zero-order valence-corrected chi connectivity index (χ0v) is 19.3. The zero-order chi connectivity index (χ0) is 21.8. The highest BCUT2D eigenvalue weighted by molar-refractivity contribution is 6.35. The Kier molecular flexibility index (Phi) is 7.15. The standard InChI is InChI=1S/C22H22Cl3N5O/c1-2-26-22(28-29-9-11-31-12-10-29)19-14-21(15-3-5-16(23)6-4-15)30(27-19)20-8-7-17(24)13-18(20)25/h3-8,13-14H,2,9-12H2,1H3,(H,26,28). The van der Waals surface area contributed by atoms with Crippen molar-refractivity contribution >= 4 is 40.6 Å². The minimum Gasteiger partial charge on any atom is -0.379 e. The number of aromatic nitrogens is 2. The molecule has 9 heteroatoms. The molecule has 3 aromatic rings. The monoisotopic (exact) mass is 477 g/mol. The summed E-state index contributed by atoms with van der Waals surface area (Å²) in [6, 6.07) is 15.0. The highest BCUT2D eigenvalue weighted by atomic mass is 35.5. The Labute approximate surface area is 196 Å². The Balaban J connectivity index is 1.79. The van der Waals surface area contributed by atoms with Gasteiger partial charge < -0.3 is 10.2 Å². The predicted molar refractivity (Wildman–Crippen MR) is 127 cm³/mol. The quantitative estimate of drug-likeness (QED) is 0.409. The number of halogens is 3. The number of hydrogen-bond donors (Lipinski definition) is 1. The summed E-state index contributed by atoms with van der Waals surface area (Å²) in [6.07, 6.45) is 0. The molecule has 0 unspecified atom stereocenters. The number of nitrogens with zero attached hydrogens (tertiary/aromatic N) is 4. The van der Waals surface area contributed by atoms with Gasteiger partial charge in [-0.25, -0.2) is 9.69 Å². The van der Waals surface area contributed by atoms with Gasteiger partial charge in [-0.3, -0.25) is 4.99 Å². The van der Waals surface area contributed by atoms with E-state index in [0.717, 1.165) is 30.0 Å². The number of ether oxygens (including phenoxy) is 1. The molecule has 6 nitrogen and oxygen atoms in total. The van der Waals surface area contributed by atoms with Crippen LogP contribution in [0, 0.1) is 0 Å². The second-order valence-electron chi connectivity index (χ2n) is 6.96. The fourth-order valence-electron chi connectivity index (χ4n) is 3.32. The van der Waals surface area contributed by atoms with Crippen LogP contribution in [0.2, 0.25) is 15.1 Å². The molecule has 1 fully saturated rings.